The summed E-state index contributed by atoms with van der Waals surface area (Å²) in [5.41, 5.74) is 2.65. The average molecular weight is 398 g/mol. The summed E-state index contributed by atoms with van der Waals surface area (Å²) in [5.74, 6) is -0.464. The molecule has 0 radical (unpaired) electrons. The van der Waals surface area contributed by atoms with Crippen molar-refractivity contribution >= 4 is 33.0 Å². The first kappa shape index (κ1) is 19.1. The summed E-state index contributed by atoms with van der Waals surface area (Å²) in [7, 11) is 2.15. The van der Waals surface area contributed by atoms with Crippen LogP contribution in [0, 0.1) is 12.7 Å². The van der Waals surface area contributed by atoms with Crippen molar-refractivity contribution in [3.05, 3.63) is 64.3 Å². The number of nitrogens with zero attached hydrogens (tertiary/aromatic N) is 2. The number of halogens is 1. The van der Waals surface area contributed by atoms with Crippen molar-refractivity contribution in [2.24, 2.45) is 0 Å². The van der Waals surface area contributed by atoms with Gasteiger partial charge in [0.2, 0.25) is 0 Å². The normalized spacial score (nSPS) is 15.8. The largest absolute Gasteiger partial charge is 0.321 e. The van der Waals surface area contributed by atoms with E-state index in [1.165, 1.54) is 23.0 Å². The van der Waals surface area contributed by atoms with Gasteiger partial charge < -0.3 is 10.2 Å². The molecule has 1 amide bonds. The lowest BCUT2D eigenvalue weighted by atomic mass is 10.1. The molecule has 1 aliphatic heterocycles. The highest BCUT2D eigenvalue weighted by molar-refractivity contribution is 7.21. The van der Waals surface area contributed by atoms with Crippen LogP contribution in [0.1, 0.15) is 20.8 Å². The van der Waals surface area contributed by atoms with E-state index in [2.05, 4.69) is 28.2 Å². The van der Waals surface area contributed by atoms with Crippen molar-refractivity contribution in [3.8, 4) is 0 Å². The molecular weight excluding hydrogens is 373 g/mol. The Kier molecular flexibility index (Phi) is 5.44. The Morgan fingerprint density at radius 1 is 1.14 bits per heavy atom. The fraction of sp³-hybridized carbons (Fsp3) is 0.318. The quantitative estimate of drug-likeness (QED) is 0.711. The third kappa shape index (κ3) is 3.94. The van der Waals surface area contributed by atoms with E-state index < -0.39 is 0 Å². The molecule has 0 saturated carbocycles. The van der Waals surface area contributed by atoms with Crippen molar-refractivity contribution in [3.63, 3.8) is 0 Å². The van der Waals surface area contributed by atoms with E-state index in [1.807, 2.05) is 24.3 Å². The van der Waals surface area contributed by atoms with Crippen molar-refractivity contribution < 1.29 is 9.18 Å². The molecular formula is C22H24FN3OS. The van der Waals surface area contributed by atoms with Gasteiger partial charge in [-0.2, -0.15) is 0 Å². The smallest absolute Gasteiger partial charge is 0.266 e. The first-order valence-electron chi connectivity index (χ1n) is 9.50. The van der Waals surface area contributed by atoms with Crippen LogP contribution in [-0.2, 0) is 6.54 Å². The topological polar surface area (TPSA) is 35.6 Å². The van der Waals surface area contributed by atoms with Gasteiger partial charge in [-0.25, -0.2) is 4.39 Å². The third-order valence-corrected chi connectivity index (χ3v) is 6.55. The molecule has 1 N–H and O–H groups in total. The van der Waals surface area contributed by atoms with Crippen molar-refractivity contribution in [2.45, 2.75) is 13.5 Å². The molecule has 2 aromatic carbocycles. The van der Waals surface area contributed by atoms with Gasteiger partial charge in [-0.15, -0.1) is 11.3 Å². The van der Waals surface area contributed by atoms with Gasteiger partial charge in [0.05, 0.1) is 4.88 Å². The van der Waals surface area contributed by atoms with E-state index in [4.69, 9.17) is 0 Å². The average Bonchev–Trinajstić information content (AvgIpc) is 3.02. The van der Waals surface area contributed by atoms with Gasteiger partial charge in [0.25, 0.3) is 5.91 Å². The Bertz CT molecular complexity index is 1010. The maximum atomic E-state index is 14.1. The second kappa shape index (κ2) is 7.99. The highest BCUT2D eigenvalue weighted by Crippen LogP contribution is 2.33. The van der Waals surface area contributed by atoms with Crippen LogP contribution in [0.4, 0.5) is 10.1 Å². The van der Waals surface area contributed by atoms with E-state index in [-0.39, 0.29) is 11.7 Å². The fourth-order valence-electron chi connectivity index (χ4n) is 3.67. The number of amides is 1. The van der Waals surface area contributed by atoms with E-state index in [0.29, 0.717) is 15.8 Å². The van der Waals surface area contributed by atoms with Crippen LogP contribution < -0.4 is 5.32 Å². The Hall–Kier alpha value is -2.28. The number of thiophene rings is 1. The number of rotatable bonds is 4. The molecule has 0 bridgehead atoms. The van der Waals surface area contributed by atoms with Crippen molar-refractivity contribution in [1.29, 1.82) is 0 Å². The van der Waals surface area contributed by atoms with Gasteiger partial charge in [0.15, 0.2) is 0 Å². The molecule has 6 heteroatoms. The van der Waals surface area contributed by atoms with E-state index >= 15 is 0 Å². The van der Waals surface area contributed by atoms with Gasteiger partial charge >= 0.3 is 0 Å². The summed E-state index contributed by atoms with van der Waals surface area (Å²) in [5, 5.41) is 3.53. The molecule has 0 aliphatic carbocycles. The monoisotopic (exact) mass is 397 g/mol. The number of hydrogen-bond acceptors (Lipinski definition) is 4. The second-order valence-electron chi connectivity index (χ2n) is 7.40. The zero-order valence-electron chi connectivity index (χ0n) is 16.2. The highest BCUT2D eigenvalue weighted by Gasteiger charge is 2.18. The number of fused-ring (bicyclic) bond motifs is 1. The Labute approximate surface area is 168 Å². The van der Waals surface area contributed by atoms with Crippen LogP contribution in [0.5, 0.6) is 0 Å². The number of hydrogen-bond donors (Lipinski definition) is 1. The molecule has 0 atom stereocenters. The van der Waals surface area contributed by atoms with Gasteiger partial charge in [0, 0.05) is 48.5 Å². The maximum absolute atomic E-state index is 14.1. The number of carbonyl (C=O) groups is 1. The van der Waals surface area contributed by atoms with Gasteiger partial charge in [-0.3, -0.25) is 9.69 Å². The summed E-state index contributed by atoms with van der Waals surface area (Å²) in [6.07, 6.45) is 0. The first-order chi connectivity index (χ1) is 13.5. The zero-order valence-corrected chi connectivity index (χ0v) is 17.0. The summed E-state index contributed by atoms with van der Waals surface area (Å²) >= 11 is 1.33. The summed E-state index contributed by atoms with van der Waals surface area (Å²) in [4.78, 5) is 18.1. The van der Waals surface area contributed by atoms with Gasteiger partial charge in [0.1, 0.15) is 5.82 Å². The van der Waals surface area contributed by atoms with Crippen LogP contribution in [0.25, 0.3) is 10.1 Å². The lowest BCUT2D eigenvalue weighted by Crippen LogP contribution is -2.43. The number of piperazine rings is 1. The molecule has 0 spiro atoms. The Morgan fingerprint density at radius 3 is 2.64 bits per heavy atom. The standard InChI is InChI=1S/C22H24FN3OS/c1-15-20-18(23)7-4-8-19(20)28-21(15)22(27)24-17-6-3-5-16(13-17)14-26-11-9-25(2)10-12-26/h3-8,13H,9-12,14H2,1-2H3,(H,24,27). The minimum Gasteiger partial charge on any atom is -0.321 e. The molecule has 28 heavy (non-hydrogen) atoms. The van der Waals surface area contributed by atoms with Crippen molar-refractivity contribution in [1.82, 2.24) is 9.80 Å². The predicted octanol–water partition coefficient (Wildman–Crippen LogP) is 4.35. The molecule has 4 rings (SSSR count). The van der Waals surface area contributed by atoms with Crippen LogP contribution in [-0.4, -0.2) is 48.9 Å². The number of likely N-dealkylation sites (N-methyl/N-ethyl adjacent to an activating group) is 1. The zero-order chi connectivity index (χ0) is 19.7. The molecule has 4 nitrogen and oxygen atoms in total. The number of anilines is 1. The molecule has 1 aromatic heterocycles. The molecule has 1 aliphatic rings. The number of benzene rings is 2. The molecule has 2 heterocycles. The van der Waals surface area contributed by atoms with Crippen LogP contribution in [0.15, 0.2) is 42.5 Å². The number of nitrogens with one attached hydrogen (secondary N) is 1. The molecule has 0 unspecified atom stereocenters. The number of carbonyl (C=O) groups excluding carboxylic acids is 1. The lowest BCUT2D eigenvalue weighted by molar-refractivity contribution is 0.103. The first-order valence-corrected chi connectivity index (χ1v) is 10.3. The van der Waals surface area contributed by atoms with Crippen LogP contribution in [0.2, 0.25) is 0 Å². The molecule has 1 saturated heterocycles. The Morgan fingerprint density at radius 2 is 1.89 bits per heavy atom. The SMILES string of the molecule is Cc1c(C(=O)Nc2cccc(CN3CCN(C)CC3)c2)sc2cccc(F)c12. The summed E-state index contributed by atoms with van der Waals surface area (Å²) < 4.78 is 14.9. The van der Waals surface area contributed by atoms with Gasteiger partial charge in [-0.1, -0.05) is 18.2 Å². The Balaban J connectivity index is 1.49. The minimum atomic E-state index is -0.278. The van der Waals surface area contributed by atoms with E-state index in [9.17, 15) is 9.18 Å². The third-order valence-electron chi connectivity index (χ3n) is 5.30. The van der Waals surface area contributed by atoms with E-state index in [1.54, 1.807) is 13.0 Å². The van der Waals surface area contributed by atoms with Crippen molar-refractivity contribution in [2.75, 3.05) is 38.5 Å². The summed E-state index contributed by atoms with van der Waals surface area (Å²) in [6.45, 7) is 6.96. The second-order valence-corrected chi connectivity index (χ2v) is 8.46. The fourth-order valence-corrected chi connectivity index (χ4v) is 4.79. The molecule has 1 fully saturated rings. The highest BCUT2D eigenvalue weighted by atomic mass is 32.1. The minimum absolute atomic E-state index is 0.185. The predicted molar refractivity (Wildman–Crippen MR) is 114 cm³/mol. The van der Waals surface area contributed by atoms with Crippen LogP contribution >= 0.6 is 11.3 Å². The van der Waals surface area contributed by atoms with E-state index in [0.717, 1.165) is 43.1 Å². The lowest BCUT2D eigenvalue weighted by Gasteiger charge is -2.32. The maximum Gasteiger partial charge on any atom is 0.266 e. The number of aryl methyl sites for hydroxylation is 1. The molecule has 3 aromatic rings. The summed E-state index contributed by atoms with van der Waals surface area (Å²) in [6, 6.07) is 13.0. The van der Waals surface area contributed by atoms with Gasteiger partial charge in [-0.05, 0) is 49.4 Å². The van der Waals surface area contributed by atoms with Crippen LogP contribution in [0.3, 0.4) is 0 Å². The molecule has 146 valence electrons.